The number of rotatable bonds is 10. The summed E-state index contributed by atoms with van der Waals surface area (Å²) in [4.78, 5) is 38.3. The minimum atomic E-state index is -1.26. The summed E-state index contributed by atoms with van der Waals surface area (Å²) < 4.78 is 5.30. The van der Waals surface area contributed by atoms with E-state index >= 15 is 0 Å². The average Bonchev–Trinajstić information content (AvgIpc) is 2.87. The fourth-order valence-corrected chi connectivity index (χ4v) is 3.73. The molecule has 0 unspecified atom stereocenters. The van der Waals surface area contributed by atoms with Crippen molar-refractivity contribution in [2.45, 2.75) is 31.9 Å². The van der Waals surface area contributed by atoms with Crippen molar-refractivity contribution in [3.8, 4) is 0 Å². The van der Waals surface area contributed by atoms with Crippen LogP contribution in [0, 0.1) is 0 Å². The molecule has 10 heteroatoms. The maximum absolute atomic E-state index is 12.4. The highest BCUT2D eigenvalue weighted by Crippen LogP contribution is 2.14. The molecule has 3 rings (SSSR count). The van der Waals surface area contributed by atoms with E-state index in [9.17, 15) is 19.5 Å². The van der Waals surface area contributed by atoms with Crippen LogP contribution in [0.2, 0.25) is 0 Å². The van der Waals surface area contributed by atoms with E-state index in [1.165, 1.54) is 12.4 Å². The number of carbonyl (C=O) groups excluding carboxylic acids is 3. The van der Waals surface area contributed by atoms with Crippen LogP contribution in [0.25, 0.3) is 0 Å². The molecule has 35 heavy (non-hydrogen) atoms. The number of amides is 3. The monoisotopic (exact) mass is 484 g/mol. The molecule has 10 nitrogen and oxygen atoms in total. The molecule has 1 fully saturated rings. The highest BCUT2D eigenvalue weighted by molar-refractivity contribution is 5.97. The van der Waals surface area contributed by atoms with Gasteiger partial charge in [-0.05, 0) is 55.2 Å². The number of aliphatic hydroxyl groups is 1. The first-order chi connectivity index (χ1) is 16.9. The second-order valence-corrected chi connectivity index (χ2v) is 8.50. The lowest BCUT2D eigenvalue weighted by molar-refractivity contribution is -0.133. The molecule has 188 valence electrons. The number of morpholine rings is 1. The van der Waals surface area contributed by atoms with Crippen LogP contribution in [0.1, 0.15) is 28.4 Å². The summed E-state index contributed by atoms with van der Waals surface area (Å²) >= 11 is 0. The number of aliphatic hydroxyl groups excluding tert-OH is 1. The van der Waals surface area contributed by atoms with E-state index in [0.29, 0.717) is 25.3 Å². The van der Waals surface area contributed by atoms with Crippen molar-refractivity contribution in [1.82, 2.24) is 15.7 Å². The molecule has 2 aromatic carbocycles. The van der Waals surface area contributed by atoms with E-state index in [1.807, 2.05) is 36.4 Å². The Morgan fingerprint density at radius 2 is 1.54 bits per heavy atom. The van der Waals surface area contributed by atoms with Crippen molar-refractivity contribution in [3.63, 3.8) is 0 Å². The fraction of sp³-hybridized carbons (Fsp3) is 0.400. The Morgan fingerprint density at radius 3 is 2.09 bits per heavy atom. The predicted octanol–water partition coefficient (Wildman–Crippen LogP) is 0.727. The average molecular weight is 485 g/mol. The molecule has 1 aliphatic heterocycles. The van der Waals surface area contributed by atoms with Gasteiger partial charge in [0.05, 0.1) is 25.9 Å². The predicted molar refractivity (Wildman–Crippen MR) is 129 cm³/mol. The fourth-order valence-electron chi connectivity index (χ4n) is 3.73. The first-order valence-electron chi connectivity index (χ1n) is 11.6. The zero-order valence-electron chi connectivity index (χ0n) is 19.7. The summed E-state index contributed by atoms with van der Waals surface area (Å²) in [5.41, 5.74) is 4.68. The molecule has 2 atom stereocenters. The topological polar surface area (TPSA) is 140 Å². The lowest BCUT2D eigenvalue weighted by Crippen LogP contribution is -2.51. The van der Waals surface area contributed by atoms with Gasteiger partial charge in [-0.2, -0.15) is 0 Å². The highest BCUT2D eigenvalue weighted by Gasteiger charge is 2.25. The Labute approximate surface area is 204 Å². The van der Waals surface area contributed by atoms with Crippen LogP contribution in [0.5, 0.6) is 0 Å². The first-order valence-corrected chi connectivity index (χ1v) is 11.6. The van der Waals surface area contributed by atoms with Gasteiger partial charge in [0.15, 0.2) is 0 Å². The van der Waals surface area contributed by atoms with Crippen LogP contribution in [0.3, 0.4) is 0 Å². The summed E-state index contributed by atoms with van der Waals surface area (Å²) in [5.74, 6) is -1.47. The Morgan fingerprint density at radius 1 is 0.971 bits per heavy atom. The molecular weight excluding hydrogens is 452 g/mol. The van der Waals surface area contributed by atoms with Gasteiger partial charge in [-0.25, -0.2) is 5.48 Å². The number of ether oxygens (including phenoxy) is 1. The molecule has 0 spiro atoms. The Kier molecular flexibility index (Phi) is 9.74. The van der Waals surface area contributed by atoms with Gasteiger partial charge in [-0.3, -0.25) is 24.5 Å². The number of aryl methyl sites for hydroxylation is 2. The van der Waals surface area contributed by atoms with Gasteiger partial charge in [0, 0.05) is 24.3 Å². The summed E-state index contributed by atoms with van der Waals surface area (Å²) in [6, 6.07) is 13.4. The van der Waals surface area contributed by atoms with Gasteiger partial charge < -0.3 is 20.5 Å². The molecule has 0 bridgehead atoms. The molecule has 0 saturated carbocycles. The highest BCUT2D eigenvalue weighted by atomic mass is 16.5. The van der Waals surface area contributed by atoms with E-state index in [4.69, 9.17) is 9.94 Å². The minimum absolute atomic E-state index is 0.0412. The van der Waals surface area contributed by atoms with Crippen molar-refractivity contribution in [2.75, 3.05) is 38.2 Å². The van der Waals surface area contributed by atoms with Gasteiger partial charge in [0.2, 0.25) is 5.91 Å². The number of hydroxylamine groups is 1. The molecule has 0 aliphatic carbocycles. The normalized spacial score (nSPS) is 15.6. The summed E-state index contributed by atoms with van der Waals surface area (Å²) in [6.45, 7) is 4.54. The third-order valence-electron chi connectivity index (χ3n) is 5.79. The zero-order valence-corrected chi connectivity index (χ0v) is 19.7. The first kappa shape index (κ1) is 26.3. The standard InChI is InChI=1S/C25H32N4O6/c1-17(30)23(25(33)28-34)27-24(32)20-8-4-18(5-9-20)2-3-19-6-10-21(11-7-19)26-22(31)16-29-12-14-35-15-13-29/h4-11,17,23,30,34H,2-3,12-16H2,1H3,(H,26,31)(H,27,32)(H,28,33)/t17-,23+/m1/s1. The maximum Gasteiger partial charge on any atom is 0.268 e. The molecule has 1 heterocycles. The van der Waals surface area contributed by atoms with Gasteiger partial charge in [0.25, 0.3) is 11.8 Å². The van der Waals surface area contributed by atoms with Crippen LogP contribution in [0.15, 0.2) is 48.5 Å². The lowest BCUT2D eigenvalue weighted by Gasteiger charge is -2.25. The molecule has 3 amide bonds. The Bertz CT molecular complexity index is 988. The molecule has 1 saturated heterocycles. The third kappa shape index (κ3) is 8.15. The number of carbonyl (C=O) groups is 3. The van der Waals surface area contributed by atoms with Crippen LogP contribution < -0.4 is 16.1 Å². The summed E-state index contributed by atoms with van der Waals surface area (Å²) in [6.07, 6.45) is 0.372. The second-order valence-electron chi connectivity index (χ2n) is 8.50. The number of hydrogen-bond acceptors (Lipinski definition) is 7. The van der Waals surface area contributed by atoms with Crippen LogP contribution in [0.4, 0.5) is 5.69 Å². The molecule has 2 aromatic rings. The number of benzene rings is 2. The van der Waals surface area contributed by atoms with Crippen molar-refractivity contribution < 1.29 is 29.4 Å². The lowest BCUT2D eigenvalue weighted by atomic mass is 10.0. The van der Waals surface area contributed by atoms with Gasteiger partial charge >= 0.3 is 0 Å². The Balaban J connectivity index is 1.46. The summed E-state index contributed by atoms with van der Waals surface area (Å²) in [7, 11) is 0. The third-order valence-corrected chi connectivity index (χ3v) is 5.79. The van der Waals surface area contributed by atoms with E-state index in [2.05, 4.69) is 15.5 Å². The van der Waals surface area contributed by atoms with Crippen LogP contribution in [-0.2, 0) is 27.2 Å². The quantitative estimate of drug-likeness (QED) is 0.247. The molecule has 0 radical (unpaired) electrons. The zero-order chi connectivity index (χ0) is 25.2. The van der Waals surface area contributed by atoms with Crippen LogP contribution >= 0.6 is 0 Å². The van der Waals surface area contributed by atoms with Gasteiger partial charge in [-0.1, -0.05) is 24.3 Å². The molecule has 5 N–H and O–H groups in total. The number of nitrogens with one attached hydrogen (secondary N) is 3. The summed E-state index contributed by atoms with van der Waals surface area (Å²) in [5, 5.41) is 23.7. The van der Waals surface area contributed by atoms with Crippen molar-refractivity contribution in [1.29, 1.82) is 0 Å². The van der Waals surface area contributed by atoms with E-state index in [1.54, 1.807) is 12.1 Å². The van der Waals surface area contributed by atoms with Gasteiger partial charge in [-0.15, -0.1) is 0 Å². The molecule has 1 aliphatic rings. The largest absolute Gasteiger partial charge is 0.391 e. The van der Waals surface area contributed by atoms with E-state index in [-0.39, 0.29) is 5.91 Å². The number of hydrogen-bond donors (Lipinski definition) is 5. The van der Waals surface area contributed by atoms with E-state index < -0.39 is 24.0 Å². The molecular formula is C25H32N4O6. The maximum atomic E-state index is 12.4. The minimum Gasteiger partial charge on any atom is -0.391 e. The number of nitrogens with zero attached hydrogens (tertiary/aromatic N) is 1. The van der Waals surface area contributed by atoms with Gasteiger partial charge in [0.1, 0.15) is 6.04 Å². The number of anilines is 1. The smallest absolute Gasteiger partial charge is 0.268 e. The van der Waals surface area contributed by atoms with Crippen LogP contribution in [-0.4, -0.2) is 77.9 Å². The van der Waals surface area contributed by atoms with Crippen molar-refractivity contribution in [2.24, 2.45) is 0 Å². The van der Waals surface area contributed by atoms with Crippen molar-refractivity contribution >= 4 is 23.4 Å². The van der Waals surface area contributed by atoms with Crippen molar-refractivity contribution in [3.05, 3.63) is 65.2 Å². The molecule has 0 aromatic heterocycles. The second kappa shape index (κ2) is 13.0. The SMILES string of the molecule is C[C@@H](O)[C@H](NC(=O)c1ccc(CCc2ccc(NC(=O)CN3CCOCC3)cc2)cc1)C(=O)NO. The Hall–Kier alpha value is -3.31. The van der Waals surface area contributed by atoms with E-state index in [0.717, 1.165) is 42.7 Å².